The first-order chi connectivity index (χ1) is 7.98. The Kier molecular flexibility index (Phi) is 3.18. The maximum Gasteiger partial charge on any atom is 0.178 e. The van der Waals surface area contributed by atoms with E-state index in [1.165, 1.54) is 12.8 Å². The molecule has 1 aromatic rings. The van der Waals surface area contributed by atoms with Gasteiger partial charge in [-0.2, -0.15) is 0 Å². The van der Waals surface area contributed by atoms with Crippen molar-refractivity contribution in [2.45, 2.75) is 33.6 Å². The van der Waals surface area contributed by atoms with Crippen molar-refractivity contribution < 1.29 is 4.79 Å². The number of carbonyl (C=O) groups is 1. The molecule has 1 aromatic heterocycles. The van der Waals surface area contributed by atoms with Crippen LogP contribution in [0.5, 0.6) is 0 Å². The molecule has 3 nitrogen and oxygen atoms in total. The third kappa shape index (κ3) is 2.84. The summed E-state index contributed by atoms with van der Waals surface area (Å²) in [5, 5.41) is 0. The maximum atomic E-state index is 11.1. The predicted molar refractivity (Wildman–Crippen MR) is 69.5 cm³/mol. The monoisotopic (exact) mass is 232 g/mol. The first kappa shape index (κ1) is 12.1. The summed E-state index contributed by atoms with van der Waals surface area (Å²) in [5.41, 5.74) is 2.14. The lowest BCUT2D eigenvalue weighted by molar-refractivity contribution is 0.101. The van der Waals surface area contributed by atoms with Crippen LogP contribution < -0.4 is 4.90 Å². The molecular formula is C14H20N2O. The molecule has 0 N–H and O–H groups in total. The number of pyridine rings is 1. The Morgan fingerprint density at radius 3 is 2.41 bits per heavy atom. The molecule has 1 aliphatic rings. The van der Waals surface area contributed by atoms with E-state index in [-0.39, 0.29) is 5.78 Å². The van der Waals surface area contributed by atoms with Gasteiger partial charge in [-0.25, -0.2) is 0 Å². The van der Waals surface area contributed by atoms with Crippen LogP contribution in [0.2, 0.25) is 0 Å². The molecule has 3 heteroatoms. The van der Waals surface area contributed by atoms with Crippen molar-refractivity contribution in [3.63, 3.8) is 0 Å². The predicted octanol–water partition coefficient (Wildman–Crippen LogP) is 2.91. The van der Waals surface area contributed by atoms with Crippen molar-refractivity contribution in [3.05, 3.63) is 24.0 Å². The third-order valence-corrected chi connectivity index (χ3v) is 3.59. The number of carbonyl (C=O) groups excluding carboxylic acids is 1. The van der Waals surface area contributed by atoms with E-state index in [1.807, 2.05) is 18.3 Å². The first-order valence-electron chi connectivity index (χ1n) is 6.20. The summed E-state index contributed by atoms with van der Waals surface area (Å²) < 4.78 is 0. The van der Waals surface area contributed by atoms with Gasteiger partial charge < -0.3 is 4.90 Å². The molecule has 1 fully saturated rings. The quantitative estimate of drug-likeness (QED) is 0.735. The molecule has 0 amide bonds. The van der Waals surface area contributed by atoms with E-state index in [9.17, 15) is 4.79 Å². The number of aromatic nitrogens is 1. The van der Waals surface area contributed by atoms with Crippen LogP contribution in [0.3, 0.4) is 0 Å². The lowest BCUT2D eigenvalue weighted by atomic mass is 9.82. The summed E-state index contributed by atoms with van der Waals surface area (Å²) in [5.74, 6) is 0.0244. The molecule has 17 heavy (non-hydrogen) atoms. The topological polar surface area (TPSA) is 33.2 Å². The zero-order chi connectivity index (χ0) is 12.5. The second-order valence-electron chi connectivity index (χ2n) is 5.61. The van der Waals surface area contributed by atoms with Crippen LogP contribution in [0.1, 0.15) is 44.1 Å². The molecule has 0 unspecified atom stereocenters. The highest BCUT2D eigenvalue weighted by Gasteiger charge is 2.25. The van der Waals surface area contributed by atoms with Crippen LogP contribution in [0.15, 0.2) is 18.3 Å². The van der Waals surface area contributed by atoms with Crippen molar-refractivity contribution in [3.8, 4) is 0 Å². The number of ketones is 1. The number of hydrogen-bond donors (Lipinski definition) is 0. The molecule has 92 valence electrons. The summed E-state index contributed by atoms with van der Waals surface area (Å²) >= 11 is 0. The highest BCUT2D eigenvalue weighted by Crippen LogP contribution is 2.31. The summed E-state index contributed by atoms with van der Waals surface area (Å²) in [6.07, 6.45) is 4.23. The molecule has 0 aromatic carbocycles. The zero-order valence-corrected chi connectivity index (χ0v) is 10.9. The molecule has 0 spiro atoms. The normalized spacial score (nSPS) is 19.1. The van der Waals surface area contributed by atoms with Gasteiger partial charge in [0.1, 0.15) is 5.69 Å². The number of anilines is 1. The van der Waals surface area contributed by atoms with E-state index < -0.39 is 0 Å². The molecule has 0 saturated carbocycles. The number of Topliss-reactive ketones (excluding diaryl/α,β-unsaturated/α-hetero) is 1. The average molecular weight is 232 g/mol. The molecular weight excluding hydrogens is 212 g/mol. The fourth-order valence-corrected chi connectivity index (χ4v) is 2.15. The van der Waals surface area contributed by atoms with Crippen molar-refractivity contribution in [2.75, 3.05) is 18.0 Å². The first-order valence-corrected chi connectivity index (χ1v) is 6.20. The molecule has 0 atom stereocenters. The number of rotatable bonds is 2. The molecule has 1 saturated heterocycles. The van der Waals surface area contributed by atoms with E-state index in [2.05, 4.69) is 23.7 Å². The molecule has 2 heterocycles. The van der Waals surface area contributed by atoms with E-state index in [4.69, 9.17) is 0 Å². The average Bonchev–Trinajstić information content (AvgIpc) is 2.29. The minimum absolute atomic E-state index is 0.0244. The highest BCUT2D eigenvalue weighted by atomic mass is 16.1. The standard InChI is InChI=1S/C14H20N2O/c1-11(17)13-5-4-12(10-15-13)16-8-6-14(2,3)7-9-16/h4-5,10H,6-9H2,1-3H3. The minimum atomic E-state index is 0.0244. The van der Waals surface area contributed by atoms with E-state index in [0.717, 1.165) is 18.8 Å². The van der Waals surface area contributed by atoms with Gasteiger partial charge in [-0.15, -0.1) is 0 Å². The van der Waals surface area contributed by atoms with Crippen molar-refractivity contribution in [1.82, 2.24) is 4.98 Å². The minimum Gasteiger partial charge on any atom is -0.370 e. The second-order valence-corrected chi connectivity index (χ2v) is 5.61. The number of nitrogens with zero attached hydrogens (tertiary/aromatic N) is 2. The van der Waals surface area contributed by atoms with Crippen LogP contribution in [-0.2, 0) is 0 Å². The van der Waals surface area contributed by atoms with Crippen LogP contribution in [-0.4, -0.2) is 23.9 Å². The third-order valence-electron chi connectivity index (χ3n) is 3.59. The SMILES string of the molecule is CC(=O)c1ccc(N2CCC(C)(C)CC2)cn1. The maximum absolute atomic E-state index is 11.1. The summed E-state index contributed by atoms with van der Waals surface area (Å²) in [6.45, 7) is 8.34. The van der Waals surface area contributed by atoms with Crippen LogP contribution >= 0.6 is 0 Å². The number of piperidine rings is 1. The van der Waals surface area contributed by atoms with Crippen LogP contribution in [0, 0.1) is 5.41 Å². The van der Waals surface area contributed by atoms with Gasteiger partial charge in [0.15, 0.2) is 5.78 Å². The molecule has 2 rings (SSSR count). The Morgan fingerprint density at radius 1 is 1.29 bits per heavy atom. The summed E-state index contributed by atoms with van der Waals surface area (Å²) in [7, 11) is 0. The lowest BCUT2D eigenvalue weighted by Crippen LogP contribution is -2.37. The molecule has 0 bridgehead atoms. The number of hydrogen-bond acceptors (Lipinski definition) is 3. The van der Waals surface area contributed by atoms with Gasteiger partial charge >= 0.3 is 0 Å². The smallest absolute Gasteiger partial charge is 0.178 e. The Morgan fingerprint density at radius 2 is 1.94 bits per heavy atom. The van der Waals surface area contributed by atoms with Crippen LogP contribution in [0.4, 0.5) is 5.69 Å². The highest BCUT2D eigenvalue weighted by molar-refractivity contribution is 5.92. The van der Waals surface area contributed by atoms with Gasteiger partial charge in [-0.3, -0.25) is 9.78 Å². The Labute approximate surface area is 103 Å². The molecule has 0 radical (unpaired) electrons. The Bertz CT molecular complexity index is 399. The van der Waals surface area contributed by atoms with E-state index in [1.54, 1.807) is 6.92 Å². The zero-order valence-electron chi connectivity index (χ0n) is 10.9. The van der Waals surface area contributed by atoms with Crippen molar-refractivity contribution >= 4 is 11.5 Å². The van der Waals surface area contributed by atoms with Crippen molar-refractivity contribution in [1.29, 1.82) is 0 Å². The van der Waals surface area contributed by atoms with Gasteiger partial charge in [-0.1, -0.05) is 13.8 Å². The van der Waals surface area contributed by atoms with Crippen molar-refractivity contribution in [2.24, 2.45) is 5.41 Å². The molecule has 1 aliphatic heterocycles. The van der Waals surface area contributed by atoms with E-state index >= 15 is 0 Å². The van der Waals surface area contributed by atoms with Gasteiger partial charge in [0, 0.05) is 20.0 Å². The molecule has 0 aliphatic carbocycles. The van der Waals surface area contributed by atoms with E-state index in [0.29, 0.717) is 11.1 Å². The fraction of sp³-hybridized carbons (Fsp3) is 0.571. The van der Waals surface area contributed by atoms with Gasteiger partial charge in [0.05, 0.1) is 11.9 Å². The Hall–Kier alpha value is -1.38. The van der Waals surface area contributed by atoms with Gasteiger partial charge in [0.2, 0.25) is 0 Å². The summed E-state index contributed by atoms with van der Waals surface area (Å²) in [4.78, 5) is 17.7. The van der Waals surface area contributed by atoms with Crippen LogP contribution in [0.25, 0.3) is 0 Å². The fourth-order valence-electron chi connectivity index (χ4n) is 2.15. The Balaban J connectivity index is 2.06. The summed E-state index contributed by atoms with van der Waals surface area (Å²) in [6, 6.07) is 3.82. The van der Waals surface area contributed by atoms with Gasteiger partial charge in [-0.05, 0) is 30.4 Å². The largest absolute Gasteiger partial charge is 0.370 e. The van der Waals surface area contributed by atoms with Gasteiger partial charge in [0.25, 0.3) is 0 Å². The lowest BCUT2D eigenvalue weighted by Gasteiger charge is -2.38. The second kappa shape index (κ2) is 4.47.